The lowest BCUT2D eigenvalue weighted by Gasteiger charge is -2.07. The van der Waals surface area contributed by atoms with E-state index in [0.717, 1.165) is 6.32 Å². The van der Waals surface area contributed by atoms with Crippen molar-refractivity contribution in [3.05, 3.63) is 0 Å². The minimum Gasteiger partial charge on any atom is -0.414 e. The molecule has 0 heterocycles. The largest absolute Gasteiger partial charge is 0.456 e. The molecule has 0 unspecified atom stereocenters. The Labute approximate surface area is 95.9 Å². The van der Waals surface area contributed by atoms with E-state index in [9.17, 15) is 0 Å². The van der Waals surface area contributed by atoms with Gasteiger partial charge in [-0.1, -0.05) is 58.3 Å². The van der Waals surface area contributed by atoms with Gasteiger partial charge in [0.2, 0.25) is 0 Å². The van der Waals surface area contributed by atoms with Crippen molar-refractivity contribution in [1.82, 2.24) is 0 Å². The molecule has 0 aromatic heterocycles. The van der Waals surface area contributed by atoms with Crippen molar-refractivity contribution in [1.29, 1.82) is 0 Å². The third kappa shape index (κ3) is 10.3. The summed E-state index contributed by atoms with van der Waals surface area (Å²) in [6.07, 6.45) is 11.9. The highest BCUT2D eigenvalue weighted by atomic mass is 16.6. The molecular weight excluding hydrogens is 187 g/mol. The van der Waals surface area contributed by atoms with Crippen LogP contribution in [0, 0.1) is 0 Å². The van der Waals surface area contributed by atoms with Crippen LogP contribution in [-0.4, -0.2) is 21.3 Å². The molecule has 0 aliphatic heterocycles. The fraction of sp³-hybridized carbons (Fsp3) is 1.00. The molecule has 0 saturated carbocycles. The molecule has 0 saturated heterocycles. The van der Waals surface area contributed by atoms with E-state index in [0.29, 0.717) is 0 Å². The average molecular weight is 214 g/mol. The van der Waals surface area contributed by atoms with E-state index in [1.165, 1.54) is 51.4 Å². The second kappa shape index (κ2) is 12.1. The predicted octanol–water partition coefficient (Wildman–Crippen LogP) is 3.91. The van der Waals surface area contributed by atoms with Gasteiger partial charge in [0.15, 0.2) is 0 Å². The van der Waals surface area contributed by atoms with Gasteiger partial charge in [0.25, 0.3) is 0 Å². The lowest BCUT2D eigenvalue weighted by molar-refractivity contribution is 0.276. The Morgan fingerprint density at radius 1 is 0.733 bits per heavy atom. The molecule has 2 nitrogen and oxygen atoms in total. The highest BCUT2D eigenvalue weighted by molar-refractivity contribution is 6.44. The van der Waals surface area contributed by atoms with Crippen molar-refractivity contribution in [2.24, 2.45) is 0 Å². The zero-order chi connectivity index (χ0) is 11.4. The van der Waals surface area contributed by atoms with Crippen LogP contribution >= 0.6 is 0 Å². The molecule has 0 atom stereocenters. The Kier molecular flexibility index (Phi) is 12.0. The zero-order valence-electron chi connectivity index (χ0n) is 10.8. The maximum atomic E-state index is 5.14. The summed E-state index contributed by atoms with van der Waals surface area (Å²) in [5, 5.41) is 0. The molecule has 0 radical (unpaired) electrons. The normalized spacial score (nSPS) is 10.6. The Balaban J connectivity index is 3.04. The van der Waals surface area contributed by atoms with Gasteiger partial charge in [-0.3, -0.25) is 0 Å². The van der Waals surface area contributed by atoms with Gasteiger partial charge < -0.3 is 9.31 Å². The number of unbranched alkanes of at least 4 members (excludes halogenated alkanes) is 7. The van der Waals surface area contributed by atoms with Gasteiger partial charge in [0.1, 0.15) is 0 Å². The molecule has 0 aliphatic rings. The fourth-order valence-electron chi connectivity index (χ4n) is 1.78. The highest BCUT2D eigenvalue weighted by Gasteiger charge is 2.12. The molecule has 0 spiro atoms. The summed E-state index contributed by atoms with van der Waals surface area (Å²) in [5.74, 6) is 0. The quantitative estimate of drug-likeness (QED) is 0.383. The van der Waals surface area contributed by atoms with E-state index >= 15 is 0 Å². The molecule has 0 rings (SSSR count). The van der Waals surface area contributed by atoms with Crippen molar-refractivity contribution in [3.63, 3.8) is 0 Å². The van der Waals surface area contributed by atoms with Gasteiger partial charge in [-0.25, -0.2) is 0 Å². The monoisotopic (exact) mass is 214 g/mol. The summed E-state index contributed by atoms with van der Waals surface area (Å²) in [6.45, 7) is 2.26. The number of rotatable bonds is 11. The standard InChI is InChI=1S/C12H27BO2/c1-4-5-6-7-8-9-10-11-12-13(14-2)15-3/h4-12H2,1-3H3. The summed E-state index contributed by atoms with van der Waals surface area (Å²) in [5.41, 5.74) is 0. The van der Waals surface area contributed by atoms with Gasteiger partial charge in [0.05, 0.1) is 0 Å². The topological polar surface area (TPSA) is 18.5 Å². The van der Waals surface area contributed by atoms with E-state index < -0.39 is 0 Å². The minimum absolute atomic E-state index is 0.00471. The Morgan fingerprint density at radius 2 is 1.20 bits per heavy atom. The van der Waals surface area contributed by atoms with Crippen molar-refractivity contribution in [2.75, 3.05) is 14.2 Å². The molecule has 0 aromatic rings. The van der Waals surface area contributed by atoms with E-state index in [-0.39, 0.29) is 7.12 Å². The van der Waals surface area contributed by atoms with Crippen LogP contribution in [-0.2, 0) is 9.31 Å². The van der Waals surface area contributed by atoms with Crippen molar-refractivity contribution >= 4 is 7.12 Å². The van der Waals surface area contributed by atoms with Crippen LogP contribution in [0.2, 0.25) is 6.32 Å². The van der Waals surface area contributed by atoms with Crippen LogP contribution in [0.1, 0.15) is 58.3 Å². The molecule has 3 heteroatoms. The SMILES string of the molecule is CCCCCCCCCCB(OC)OC. The lowest BCUT2D eigenvalue weighted by Crippen LogP contribution is -2.18. The third-order valence-corrected chi connectivity index (χ3v) is 2.82. The summed E-state index contributed by atoms with van der Waals surface area (Å²) in [7, 11) is 3.42. The van der Waals surface area contributed by atoms with Crippen LogP contribution < -0.4 is 0 Å². The first-order valence-corrected chi connectivity index (χ1v) is 6.40. The molecule has 90 valence electrons. The number of hydrogen-bond acceptors (Lipinski definition) is 2. The molecule has 0 aliphatic carbocycles. The second-order valence-electron chi connectivity index (χ2n) is 4.16. The van der Waals surface area contributed by atoms with Crippen molar-refractivity contribution in [3.8, 4) is 0 Å². The molecule has 0 fully saturated rings. The maximum absolute atomic E-state index is 5.14. The predicted molar refractivity (Wildman–Crippen MR) is 67.2 cm³/mol. The van der Waals surface area contributed by atoms with Gasteiger partial charge in [0, 0.05) is 14.2 Å². The summed E-state index contributed by atoms with van der Waals surface area (Å²) < 4.78 is 10.3. The van der Waals surface area contributed by atoms with Crippen LogP contribution in [0.5, 0.6) is 0 Å². The molecule has 0 N–H and O–H groups in total. The smallest absolute Gasteiger partial charge is 0.414 e. The molecule has 15 heavy (non-hydrogen) atoms. The molecular formula is C12H27BO2. The average Bonchev–Trinajstić information content (AvgIpc) is 2.27. The lowest BCUT2D eigenvalue weighted by atomic mass is 9.82. The fourth-order valence-corrected chi connectivity index (χ4v) is 1.78. The van der Waals surface area contributed by atoms with Crippen LogP contribution in [0.15, 0.2) is 0 Å². The van der Waals surface area contributed by atoms with Gasteiger partial charge >= 0.3 is 7.12 Å². The van der Waals surface area contributed by atoms with E-state index in [1.807, 2.05) is 0 Å². The van der Waals surface area contributed by atoms with Crippen molar-refractivity contribution in [2.45, 2.75) is 64.6 Å². The van der Waals surface area contributed by atoms with E-state index in [1.54, 1.807) is 14.2 Å². The first-order chi connectivity index (χ1) is 7.35. The number of hydrogen-bond donors (Lipinski definition) is 0. The molecule has 0 amide bonds. The van der Waals surface area contributed by atoms with Crippen LogP contribution in [0.3, 0.4) is 0 Å². The molecule has 0 bridgehead atoms. The zero-order valence-corrected chi connectivity index (χ0v) is 10.8. The maximum Gasteiger partial charge on any atom is 0.456 e. The summed E-state index contributed by atoms with van der Waals surface area (Å²) in [6, 6.07) is 0. The Bertz CT molecular complexity index is 116. The van der Waals surface area contributed by atoms with Gasteiger partial charge in [-0.05, 0) is 6.32 Å². The Morgan fingerprint density at radius 3 is 1.67 bits per heavy atom. The highest BCUT2D eigenvalue weighted by Crippen LogP contribution is 2.11. The van der Waals surface area contributed by atoms with E-state index in [4.69, 9.17) is 9.31 Å². The van der Waals surface area contributed by atoms with E-state index in [2.05, 4.69) is 6.92 Å². The van der Waals surface area contributed by atoms with Gasteiger partial charge in [-0.15, -0.1) is 0 Å². The minimum atomic E-state index is 0.00471. The first kappa shape index (κ1) is 15.0. The van der Waals surface area contributed by atoms with Crippen LogP contribution in [0.25, 0.3) is 0 Å². The van der Waals surface area contributed by atoms with Crippen LogP contribution in [0.4, 0.5) is 0 Å². The Hall–Kier alpha value is -0.0151. The summed E-state index contributed by atoms with van der Waals surface area (Å²) >= 11 is 0. The van der Waals surface area contributed by atoms with Crippen molar-refractivity contribution < 1.29 is 9.31 Å². The summed E-state index contributed by atoms with van der Waals surface area (Å²) in [4.78, 5) is 0. The van der Waals surface area contributed by atoms with Gasteiger partial charge in [-0.2, -0.15) is 0 Å². The third-order valence-electron chi connectivity index (χ3n) is 2.82. The molecule has 0 aromatic carbocycles. The first-order valence-electron chi connectivity index (χ1n) is 6.40. The second-order valence-corrected chi connectivity index (χ2v) is 4.16.